The minimum Gasteiger partial charge on any atom is -1.00 e. The molecule has 132 valence electrons. The van der Waals surface area contributed by atoms with E-state index in [0.717, 1.165) is 6.42 Å². The first-order chi connectivity index (χ1) is 9.12. The third-order valence-corrected chi connectivity index (χ3v) is 6.37. The van der Waals surface area contributed by atoms with Crippen molar-refractivity contribution in [3.63, 3.8) is 0 Å². The van der Waals surface area contributed by atoms with Gasteiger partial charge in [0.2, 0.25) is 0 Å². The number of benzene rings is 1. The van der Waals surface area contributed by atoms with E-state index in [2.05, 4.69) is 77.7 Å². The molecule has 1 aromatic rings. The van der Waals surface area contributed by atoms with Crippen LogP contribution in [0.2, 0.25) is 19.6 Å². The molecule has 0 heterocycles. The monoisotopic (exact) mass is 436 g/mol. The zero-order valence-corrected chi connectivity index (χ0v) is 20.5. The Kier molecular flexibility index (Phi) is 12.9. The first-order valence-corrected chi connectivity index (χ1v) is 11.0. The van der Waals surface area contributed by atoms with Crippen LogP contribution in [0.4, 0.5) is 0 Å². The maximum atomic E-state index is 3.76. The van der Waals surface area contributed by atoms with E-state index in [1.165, 1.54) is 27.5 Å². The summed E-state index contributed by atoms with van der Waals surface area (Å²) < 4.78 is 0. The fraction of sp³-hybridized carbons (Fsp3) is 0.474. The topological polar surface area (TPSA) is 0 Å². The van der Waals surface area contributed by atoms with Gasteiger partial charge in [0.25, 0.3) is 0 Å². The Morgan fingerprint density at radius 2 is 1.54 bits per heavy atom. The predicted octanol–water partition coefficient (Wildman–Crippen LogP) is -3.47. The van der Waals surface area contributed by atoms with Crippen molar-refractivity contribution in [2.45, 2.75) is 59.2 Å². The fourth-order valence-electron chi connectivity index (χ4n) is 2.95. The van der Waals surface area contributed by atoms with Gasteiger partial charge in [-0.1, -0.05) is 63.7 Å². The molecule has 0 spiro atoms. The molecule has 0 nitrogen and oxygen atoms in total. The quantitative estimate of drug-likeness (QED) is 0.341. The van der Waals surface area contributed by atoms with Gasteiger partial charge in [0.05, 0.1) is 0 Å². The van der Waals surface area contributed by atoms with Crippen LogP contribution < -0.4 is 37.2 Å². The van der Waals surface area contributed by atoms with Crippen molar-refractivity contribution in [3.8, 4) is 0 Å². The molecular weight excluding hydrogens is 411 g/mol. The summed E-state index contributed by atoms with van der Waals surface area (Å²) in [6, 6.07) is 6.79. The molecule has 0 N–H and O–H groups in total. The molecule has 0 aliphatic heterocycles. The van der Waals surface area contributed by atoms with Gasteiger partial charge >= 0.3 is 21.7 Å². The predicted molar refractivity (Wildman–Crippen MR) is 91.7 cm³/mol. The van der Waals surface area contributed by atoms with Gasteiger partial charge in [-0.05, 0) is 30.4 Å². The van der Waals surface area contributed by atoms with E-state index in [9.17, 15) is 0 Å². The molecule has 1 aliphatic carbocycles. The van der Waals surface area contributed by atoms with Crippen LogP contribution in [0.5, 0.6) is 0 Å². The van der Waals surface area contributed by atoms with Crippen molar-refractivity contribution >= 4 is 8.07 Å². The van der Waals surface area contributed by atoms with Crippen LogP contribution >= 0.6 is 0 Å². The summed E-state index contributed by atoms with van der Waals surface area (Å²) >= 11 is 0. The molecule has 0 amide bonds. The van der Waals surface area contributed by atoms with Crippen LogP contribution in [0.25, 0.3) is 0 Å². The minimum atomic E-state index is -1.24. The molecule has 0 aromatic heterocycles. The molecule has 0 saturated carbocycles. The first-order valence-electron chi connectivity index (χ1n) is 7.54. The molecule has 1 aromatic carbocycles. The number of hydrogen-bond acceptors (Lipinski definition) is 0. The maximum Gasteiger partial charge on any atom is 4.00 e. The Labute approximate surface area is 183 Å². The Morgan fingerprint density at radius 3 is 2.00 bits per heavy atom. The summed E-state index contributed by atoms with van der Waals surface area (Å²) in [4.78, 5) is 0. The molecule has 1 aliphatic rings. The average Bonchev–Trinajstić information content (AvgIpc) is 2.82. The third kappa shape index (κ3) is 6.34. The van der Waals surface area contributed by atoms with E-state index in [4.69, 9.17) is 0 Å². The molecule has 0 fully saturated rings. The van der Waals surface area contributed by atoms with Crippen molar-refractivity contribution in [1.82, 2.24) is 0 Å². The summed E-state index contributed by atoms with van der Waals surface area (Å²) in [6.07, 6.45) is 7.24. The van der Waals surface area contributed by atoms with E-state index < -0.39 is 8.07 Å². The van der Waals surface area contributed by atoms with Gasteiger partial charge in [-0.25, -0.2) is 11.3 Å². The van der Waals surface area contributed by atoms with E-state index >= 15 is 0 Å². The summed E-state index contributed by atoms with van der Waals surface area (Å²) in [5.74, 6) is 0. The van der Waals surface area contributed by atoms with Crippen molar-refractivity contribution < 1.29 is 58.9 Å². The molecule has 24 heavy (non-hydrogen) atoms. The van der Waals surface area contributed by atoms with Crippen molar-refractivity contribution in [2.24, 2.45) is 0 Å². The number of halogens is 3. The van der Waals surface area contributed by atoms with Crippen molar-refractivity contribution in [2.75, 3.05) is 0 Å². The van der Waals surface area contributed by atoms with Crippen LogP contribution in [-0.2, 0) is 27.1 Å². The standard InChI is InChI=1S/C19H27Si.3ClH.Ti/c1-14-8-9-15(2)18(12-14)19(3,4)16-10-11-17(13-16)20(5,6)7;;;;/h8-9,11-12H,10H2,1-7H3;3*1H;/q-1;;;;+4/p-3. The molecule has 0 bridgehead atoms. The SMILES string of the molecule is Cc1ccc(C)c(C(C)(C)C2=[C-]C([Si](C)(C)C)=CC2)c1.[Cl-].[Cl-].[Cl-].[Ti+4]. The van der Waals surface area contributed by atoms with E-state index in [1.807, 2.05) is 0 Å². The summed E-state index contributed by atoms with van der Waals surface area (Å²) in [5.41, 5.74) is 5.70. The molecule has 2 rings (SSSR count). The molecular formula is C19H27Cl3SiTi. The van der Waals surface area contributed by atoms with Crippen LogP contribution in [0, 0.1) is 19.9 Å². The first kappa shape index (κ1) is 29.3. The van der Waals surface area contributed by atoms with Gasteiger partial charge in [0.1, 0.15) is 0 Å². The van der Waals surface area contributed by atoms with Crippen molar-refractivity contribution in [3.05, 3.63) is 57.8 Å². The summed E-state index contributed by atoms with van der Waals surface area (Å²) in [6.45, 7) is 16.3. The number of hydrogen-bond donors (Lipinski definition) is 0. The van der Waals surface area contributed by atoms with Gasteiger partial charge in [0, 0.05) is 8.07 Å². The molecule has 5 heteroatoms. The second kappa shape index (κ2) is 10.6. The number of allylic oxidation sites excluding steroid dienone is 4. The van der Waals surface area contributed by atoms with Gasteiger partial charge in [-0.3, -0.25) is 6.08 Å². The molecule has 0 atom stereocenters. The van der Waals surface area contributed by atoms with Gasteiger partial charge < -0.3 is 37.2 Å². The Balaban J connectivity index is -0.00000110. The molecule has 0 radical (unpaired) electrons. The summed E-state index contributed by atoms with van der Waals surface area (Å²) in [7, 11) is -1.24. The smallest absolute Gasteiger partial charge is 1.00 e. The zero-order chi connectivity index (χ0) is 15.1. The normalized spacial score (nSPS) is 13.5. The summed E-state index contributed by atoms with van der Waals surface area (Å²) in [5, 5.41) is 1.49. The van der Waals surface area contributed by atoms with E-state index in [0.29, 0.717) is 0 Å². The van der Waals surface area contributed by atoms with E-state index in [1.54, 1.807) is 0 Å². The van der Waals surface area contributed by atoms with Gasteiger partial charge in [-0.2, -0.15) is 5.57 Å². The van der Waals surface area contributed by atoms with Gasteiger partial charge in [-0.15, -0.1) is 0 Å². The Bertz CT molecular complexity index is 599. The second-order valence-electron chi connectivity index (χ2n) is 7.62. The second-order valence-corrected chi connectivity index (χ2v) is 12.7. The minimum absolute atomic E-state index is 0. The molecule has 0 unspecified atom stereocenters. The largest absolute Gasteiger partial charge is 4.00 e. The Hall–Kier alpha value is 0.501. The van der Waals surface area contributed by atoms with Crippen LogP contribution in [-0.4, -0.2) is 8.07 Å². The van der Waals surface area contributed by atoms with Crippen molar-refractivity contribution in [1.29, 1.82) is 0 Å². The van der Waals surface area contributed by atoms with Gasteiger partial charge in [0.15, 0.2) is 0 Å². The maximum absolute atomic E-state index is 3.76. The van der Waals surface area contributed by atoms with Crippen LogP contribution in [0.3, 0.4) is 0 Å². The fourth-order valence-corrected chi connectivity index (χ4v) is 4.19. The third-order valence-electron chi connectivity index (χ3n) is 4.42. The van der Waals surface area contributed by atoms with E-state index in [-0.39, 0.29) is 64.4 Å². The number of rotatable bonds is 3. The number of aryl methyl sites for hydroxylation is 2. The van der Waals surface area contributed by atoms with Crippen LogP contribution in [0.15, 0.2) is 35.0 Å². The average molecular weight is 438 g/mol. The Morgan fingerprint density at radius 1 is 1.00 bits per heavy atom. The molecule has 0 saturated heterocycles. The van der Waals surface area contributed by atoms with Crippen LogP contribution in [0.1, 0.15) is 37.0 Å². The zero-order valence-electron chi connectivity index (χ0n) is 15.7.